The predicted molar refractivity (Wildman–Crippen MR) is 80.4 cm³/mol. The number of anilines is 2. The average molecular weight is 282 g/mol. The highest BCUT2D eigenvalue weighted by Gasteiger charge is 2.29. The van der Waals surface area contributed by atoms with Crippen LogP contribution in [0.25, 0.3) is 0 Å². The van der Waals surface area contributed by atoms with Crippen LogP contribution in [0.2, 0.25) is 0 Å². The number of aliphatic hydroxyl groups excluding tert-OH is 1. The Hall–Kier alpha value is -1.47. The van der Waals surface area contributed by atoms with Crippen LogP contribution < -0.4 is 10.6 Å². The Bertz CT molecular complexity index is 446. The summed E-state index contributed by atoms with van der Waals surface area (Å²) in [6, 6.07) is 0.248. The third-order valence-electron chi connectivity index (χ3n) is 3.19. The smallest absolute Gasteiger partial charge is 0.229 e. The molecule has 0 radical (unpaired) electrons. The van der Waals surface area contributed by atoms with Gasteiger partial charge < -0.3 is 15.7 Å². The molecule has 0 atom stereocenters. The molecule has 0 saturated carbocycles. The van der Waals surface area contributed by atoms with Crippen molar-refractivity contribution in [3.8, 4) is 0 Å². The van der Waals surface area contributed by atoms with Gasteiger partial charge in [-0.1, -0.05) is 0 Å². The number of aliphatic hydroxyl groups is 1. The van der Waals surface area contributed by atoms with E-state index < -0.39 is 0 Å². The summed E-state index contributed by atoms with van der Waals surface area (Å²) >= 11 is 0. The first-order valence-electron chi connectivity index (χ1n) is 6.72. The summed E-state index contributed by atoms with van der Waals surface area (Å²) in [5.41, 5.74) is 5.38. The van der Waals surface area contributed by atoms with Crippen molar-refractivity contribution in [3.63, 3.8) is 0 Å². The number of rotatable bonds is 6. The Morgan fingerprint density at radius 1 is 1.20 bits per heavy atom. The quantitative estimate of drug-likeness (QED) is 0.785. The third kappa shape index (κ3) is 4.01. The van der Waals surface area contributed by atoms with Gasteiger partial charge in [-0.15, -0.1) is 0 Å². The molecular weight excluding hydrogens is 256 g/mol. The second kappa shape index (κ2) is 6.32. The third-order valence-corrected chi connectivity index (χ3v) is 3.19. The lowest BCUT2D eigenvalue weighted by molar-refractivity contribution is 0.0243. The van der Waals surface area contributed by atoms with Crippen LogP contribution in [0.15, 0.2) is 0 Å². The Balaban J connectivity index is 3.06. The summed E-state index contributed by atoms with van der Waals surface area (Å²) in [6.07, 6.45) is 0. The molecule has 7 heteroatoms. The Labute approximate surface area is 120 Å². The maximum Gasteiger partial charge on any atom is 0.229 e. The van der Waals surface area contributed by atoms with Crippen molar-refractivity contribution in [2.24, 2.45) is 0 Å². The van der Waals surface area contributed by atoms with Gasteiger partial charge in [0.2, 0.25) is 11.9 Å². The summed E-state index contributed by atoms with van der Waals surface area (Å²) in [7, 11) is 3.72. The van der Waals surface area contributed by atoms with Crippen molar-refractivity contribution >= 4 is 11.9 Å². The number of hydrogen-bond donors (Lipinski definition) is 2. The van der Waals surface area contributed by atoms with Gasteiger partial charge >= 0.3 is 0 Å². The highest BCUT2D eigenvalue weighted by Crippen LogP contribution is 2.20. The molecule has 20 heavy (non-hydrogen) atoms. The molecule has 0 saturated heterocycles. The van der Waals surface area contributed by atoms with E-state index in [1.807, 2.05) is 27.9 Å². The van der Waals surface area contributed by atoms with Gasteiger partial charge in [-0.05, 0) is 27.7 Å². The van der Waals surface area contributed by atoms with Crippen LogP contribution >= 0.6 is 0 Å². The monoisotopic (exact) mass is 282 g/mol. The minimum atomic E-state index is -0.353. The fourth-order valence-corrected chi connectivity index (χ4v) is 2.03. The molecule has 7 nitrogen and oxygen atoms in total. The summed E-state index contributed by atoms with van der Waals surface area (Å²) in [6.45, 7) is 8.71. The van der Waals surface area contributed by atoms with Crippen LogP contribution in [0.1, 0.15) is 33.5 Å². The van der Waals surface area contributed by atoms with Gasteiger partial charge in [0.05, 0.1) is 13.2 Å². The summed E-state index contributed by atoms with van der Waals surface area (Å²) in [5.74, 6) is 1.36. The van der Waals surface area contributed by atoms with Crippen molar-refractivity contribution < 1.29 is 5.11 Å². The van der Waals surface area contributed by atoms with E-state index in [0.717, 1.165) is 0 Å². The van der Waals surface area contributed by atoms with Gasteiger partial charge in [-0.2, -0.15) is 15.0 Å². The van der Waals surface area contributed by atoms with Gasteiger partial charge in [0.25, 0.3) is 0 Å². The fraction of sp³-hybridized carbons (Fsp3) is 0.769. The molecule has 0 bridgehead atoms. The number of aromatic nitrogens is 3. The first-order valence-corrected chi connectivity index (χ1v) is 6.72. The van der Waals surface area contributed by atoms with Crippen molar-refractivity contribution in [1.29, 1.82) is 0 Å². The molecule has 0 aliphatic heterocycles. The van der Waals surface area contributed by atoms with Crippen LogP contribution in [0.4, 0.5) is 11.9 Å². The van der Waals surface area contributed by atoms with Crippen molar-refractivity contribution in [1.82, 2.24) is 19.9 Å². The van der Waals surface area contributed by atoms with E-state index in [9.17, 15) is 5.11 Å². The molecule has 0 fully saturated rings. The number of nitrogen functional groups attached to an aromatic ring is 1. The minimum absolute atomic E-state index is 0.0618. The molecule has 0 aliphatic rings. The van der Waals surface area contributed by atoms with Crippen LogP contribution in [0.5, 0.6) is 0 Å². The summed E-state index contributed by atoms with van der Waals surface area (Å²) in [4.78, 5) is 16.6. The standard InChI is InChI=1S/C13H26N6O/c1-9(2)19(13(3,4)8-20)7-10-15-11(14)17-12(16-10)18(5)6/h9,20H,7-8H2,1-6H3,(H2,14,15,16,17). The topological polar surface area (TPSA) is 91.4 Å². The lowest BCUT2D eigenvalue weighted by Crippen LogP contribution is -2.50. The Morgan fingerprint density at radius 2 is 1.80 bits per heavy atom. The molecule has 0 unspecified atom stereocenters. The van der Waals surface area contributed by atoms with E-state index in [1.54, 1.807) is 4.90 Å². The van der Waals surface area contributed by atoms with E-state index in [1.165, 1.54) is 0 Å². The van der Waals surface area contributed by atoms with E-state index in [4.69, 9.17) is 5.73 Å². The van der Waals surface area contributed by atoms with E-state index in [2.05, 4.69) is 33.7 Å². The Kier molecular flexibility index (Phi) is 5.24. The molecule has 1 heterocycles. The van der Waals surface area contributed by atoms with Crippen LogP contribution in [-0.2, 0) is 6.54 Å². The maximum absolute atomic E-state index is 9.56. The molecule has 3 N–H and O–H groups in total. The number of hydrogen-bond acceptors (Lipinski definition) is 7. The average Bonchev–Trinajstić information content (AvgIpc) is 2.34. The second-order valence-corrected chi connectivity index (χ2v) is 6.00. The van der Waals surface area contributed by atoms with E-state index in [-0.39, 0.29) is 24.1 Å². The van der Waals surface area contributed by atoms with Crippen molar-refractivity contribution in [3.05, 3.63) is 5.82 Å². The molecular formula is C13H26N6O. The van der Waals surface area contributed by atoms with Crippen LogP contribution in [-0.4, -0.2) is 57.2 Å². The molecule has 1 aromatic heterocycles. The van der Waals surface area contributed by atoms with Gasteiger partial charge in [-0.25, -0.2) is 0 Å². The predicted octanol–water partition coefficient (Wildman–Crippen LogP) is 0.501. The van der Waals surface area contributed by atoms with Crippen LogP contribution in [0.3, 0.4) is 0 Å². The van der Waals surface area contributed by atoms with E-state index in [0.29, 0.717) is 18.3 Å². The first kappa shape index (κ1) is 16.6. The lowest BCUT2D eigenvalue weighted by atomic mass is 10.0. The number of nitrogens with two attached hydrogens (primary N) is 1. The van der Waals surface area contributed by atoms with Gasteiger partial charge in [0.15, 0.2) is 0 Å². The van der Waals surface area contributed by atoms with Gasteiger partial charge in [-0.3, -0.25) is 4.90 Å². The highest BCUT2D eigenvalue weighted by molar-refractivity contribution is 5.32. The number of nitrogens with zero attached hydrogens (tertiary/aromatic N) is 5. The first-order chi connectivity index (χ1) is 9.17. The maximum atomic E-state index is 9.56. The molecule has 114 valence electrons. The molecule has 1 aromatic rings. The van der Waals surface area contributed by atoms with Crippen molar-refractivity contribution in [2.75, 3.05) is 31.3 Å². The normalized spacial score (nSPS) is 12.2. The zero-order valence-corrected chi connectivity index (χ0v) is 13.3. The van der Waals surface area contributed by atoms with Gasteiger partial charge in [0, 0.05) is 25.7 Å². The summed E-state index contributed by atoms with van der Waals surface area (Å²) < 4.78 is 0. The van der Waals surface area contributed by atoms with Crippen molar-refractivity contribution in [2.45, 2.75) is 45.8 Å². The molecule has 0 aromatic carbocycles. The SMILES string of the molecule is CC(C)N(Cc1nc(N)nc(N(C)C)n1)C(C)(C)CO. The largest absolute Gasteiger partial charge is 0.394 e. The van der Waals surface area contributed by atoms with E-state index >= 15 is 0 Å². The molecule has 0 amide bonds. The van der Waals surface area contributed by atoms with Crippen LogP contribution in [0, 0.1) is 0 Å². The highest BCUT2D eigenvalue weighted by atomic mass is 16.3. The zero-order valence-electron chi connectivity index (χ0n) is 13.3. The minimum Gasteiger partial charge on any atom is -0.394 e. The molecule has 1 rings (SSSR count). The zero-order chi connectivity index (χ0) is 15.5. The van der Waals surface area contributed by atoms with Gasteiger partial charge in [0.1, 0.15) is 5.82 Å². The lowest BCUT2D eigenvalue weighted by Gasteiger charge is -2.39. The molecule has 0 aliphatic carbocycles. The second-order valence-electron chi connectivity index (χ2n) is 6.00. The Morgan fingerprint density at radius 3 is 2.25 bits per heavy atom. The molecule has 0 spiro atoms. The summed E-state index contributed by atoms with van der Waals surface area (Å²) in [5, 5.41) is 9.56. The fourth-order valence-electron chi connectivity index (χ4n) is 2.03.